The summed E-state index contributed by atoms with van der Waals surface area (Å²) in [6.07, 6.45) is 0.700. The summed E-state index contributed by atoms with van der Waals surface area (Å²) in [7, 11) is 1.61. The van der Waals surface area contributed by atoms with Gasteiger partial charge >= 0.3 is 12.0 Å². The quantitative estimate of drug-likeness (QED) is 0.701. The second-order valence-corrected chi connectivity index (χ2v) is 4.47. The Kier molecular flexibility index (Phi) is 6.36. The number of methoxy groups -OCH3 is 1. The average Bonchev–Trinajstić information content (AvgIpc) is 2.45. The van der Waals surface area contributed by atoms with E-state index in [1.807, 2.05) is 24.3 Å². The molecular formula is C14H20N2O4. The SMILES string of the molecule is COc1ccc(CCNC(=O)NCC(C)C(=O)O)cc1. The molecule has 0 aromatic heterocycles. The van der Waals surface area contributed by atoms with Crippen molar-refractivity contribution >= 4 is 12.0 Å². The van der Waals surface area contributed by atoms with Crippen LogP contribution < -0.4 is 15.4 Å². The van der Waals surface area contributed by atoms with Crippen molar-refractivity contribution in [3.05, 3.63) is 29.8 Å². The van der Waals surface area contributed by atoms with Gasteiger partial charge in [-0.2, -0.15) is 0 Å². The molecule has 0 spiro atoms. The van der Waals surface area contributed by atoms with Crippen LogP contribution in [0.3, 0.4) is 0 Å². The lowest BCUT2D eigenvalue weighted by molar-refractivity contribution is -0.140. The van der Waals surface area contributed by atoms with Crippen molar-refractivity contribution in [2.45, 2.75) is 13.3 Å². The zero-order valence-corrected chi connectivity index (χ0v) is 11.7. The molecule has 0 radical (unpaired) electrons. The van der Waals surface area contributed by atoms with Gasteiger partial charge in [-0.15, -0.1) is 0 Å². The standard InChI is InChI=1S/C14H20N2O4/c1-10(13(17)18)9-16-14(19)15-8-7-11-3-5-12(20-2)6-4-11/h3-6,10H,7-9H2,1-2H3,(H,17,18)(H2,15,16,19). The van der Waals surface area contributed by atoms with Gasteiger partial charge < -0.3 is 20.5 Å². The van der Waals surface area contributed by atoms with Crippen molar-refractivity contribution < 1.29 is 19.4 Å². The first kappa shape index (κ1) is 15.8. The van der Waals surface area contributed by atoms with Gasteiger partial charge in [0.05, 0.1) is 13.0 Å². The second kappa shape index (κ2) is 8.04. The topological polar surface area (TPSA) is 87.7 Å². The number of rotatable bonds is 7. The highest BCUT2D eigenvalue weighted by Crippen LogP contribution is 2.11. The number of amides is 2. The molecule has 0 saturated heterocycles. The van der Waals surface area contributed by atoms with Crippen molar-refractivity contribution in [3.8, 4) is 5.75 Å². The van der Waals surface area contributed by atoms with Crippen molar-refractivity contribution in [3.63, 3.8) is 0 Å². The third-order valence-electron chi connectivity index (χ3n) is 2.85. The lowest BCUT2D eigenvalue weighted by atomic mass is 10.1. The van der Waals surface area contributed by atoms with Crippen LogP contribution in [0.5, 0.6) is 5.75 Å². The van der Waals surface area contributed by atoms with Crippen LogP contribution in [0, 0.1) is 5.92 Å². The molecule has 1 aromatic rings. The Bertz CT molecular complexity index is 445. The summed E-state index contributed by atoms with van der Waals surface area (Å²) in [6.45, 7) is 2.14. The van der Waals surface area contributed by atoms with Crippen LogP contribution in [-0.4, -0.2) is 37.3 Å². The number of carboxylic acids is 1. The smallest absolute Gasteiger partial charge is 0.314 e. The number of hydrogen-bond donors (Lipinski definition) is 3. The molecule has 2 amide bonds. The highest BCUT2D eigenvalue weighted by molar-refractivity contribution is 5.75. The van der Waals surface area contributed by atoms with Crippen LogP contribution in [-0.2, 0) is 11.2 Å². The number of ether oxygens (including phenoxy) is 1. The monoisotopic (exact) mass is 280 g/mol. The van der Waals surface area contributed by atoms with E-state index in [9.17, 15) is 9.59 Å². The number of aliphatic carboxylic acids is 1. The molecule has 1 rings (SSSR count). The number of carboxylic acid groups (broad SMARTS) is 1. The number of benzene rings is 1. The molecule has 20 heavy (non-hydrogen) atoms. The van der Waals surface area contributed by atoms with E-state index >= 15 is 0 Å². The molecule has 3 N–H and O–H groups in total. The number of hydrogen-bond acceptors (Lipinski definition) is 3. The Morgan fingerprint density at radius 3 is 2.45 bits per heavy atom. The summed E-state index contributed by atoms with van der Waals surface area (Å²) < 4.78 is 5.06. The van der Waals surface area contributed by atoms with E-state index in [4.69, 9.17) is 9.84 Å². The lowest BCUT2D eigenvalue weighted by Gasteiger charge is -2.10. The van der Waals surface area contributed by atoms with Crippen LogP contribution in [0.2, 0.25) is 0 Å². The molecule has 0 aliphatic heterocycles. The highest BCUT2D eigenvalue weighted by Gasteiger charge is 2.11. The third-order valence-corrected chi connectivity index (χ3v) is 2.85. The van der Waals surface area contributed by atoms with E-state index in [-0.39, 0.29) is 12.6 Å². The van der Waals surface area contributed by atoms with Crippen LogP contribution in [0.15, 0.2) is 24.3 Å². The minimum absolute atomic E-state index is 0.115. The molecule has 0 heterocycles. The number of carbonyl (C=O) groups is 2. The van der Waals surface area contributed by atoms with E-state index in [1.165, 1.54) is 0 Å². The number of nitrogens with one attached hydrogen (secondary N) is 2. The summed E-state index contributed by atoms with van der Waals surface area (Å²) in [5, 5.41) is 13.9. The summed E-state index contributed by atoms with van der Waals surface area (Å²) in [5.41, 5.74) is 1.09. The van der Waals surface area contributed by atoms with Crippen LogP contribution in [0.25, 0.3) is 0 Å². The predicted molar refractivity (Wildman–Crippen MR) is 74.9 cm³/mol. The minimum Gasteiger partial charge on any atom is -0.497 e. The van der Waals surface area contributed by atoms with Crippen molar-refractivity contribution in [1.29, 1.82) is 0 Å². The molecule has 110 valence electrons. The summed E-state index contributed by atoms with van der Waals surface area (Å²) in [5.74, 6) is -0.729. The summed E-state index contributed by atoms with van der Waals surface area (Å²) >= 11 is 0. The van der Waals surface area contributed by atoms with E-state index in [0.717, 1.165) is 11.3 Å². The largest absolute Gasteiger partial charge is 0.497 e. The van der Waals surface area contributed by atoms with Gasteiger partial charge in [-0.1, -0.05) is 19.1 Å². The zero-order chi connectivity index (χ0) is 15.0. The first-order valence-electron chi connectivity index (χ1n) is 6.40. The molecule has 0 saturated carbocycles. The molecule has 0 aliphatic rings. The van der Waals surface area contributed by atoms with Crippen LogP contribution in [0.1, 0.15) is 12.5 Å². The van der Waals surface area contributed by atoms with Gasteiger partial charge in [-0.25, -0.2) is 4.79 Å². The first-order valence-corrected chi connectivity index (χ1v) is 6.40. The number of urea groups is 1. The maximum atomic E-state index is 11.4. The Labute approximate surface area is 118 Å². The van der Waals surface area contributed by atoms with E-state index in [0.29, 0.717) is 13.0 Å². The van der Waals surface area contributed by atoms with Crippen LogP contribution >= 0.6 is 0 Å². The third kappa shape index (κ3) is 5.60. The maximum absolute atomic E-state index is 11.4. The molecule has 0 fully saturated rings. The van der Waals surface area contributed by atoms with E-state index < -0.39 is 11.9 Å². The Hall–Kier alpha value is -2.24. The first-order chi connectivity index (χ1) is 9.52. The molecule has 0 bridgehead atoms. The minimum atomic E-state index is -0.927. The predicted octanol–water partition coefficient (Wildman–Crippen LogP) is 1.26. The van der Waals surface area contributed by atoms with Gasteiger partial charge in [-0.05, 0) is 24.1 Å². The lowest BCUT2D eigenvalue weighted by Crippen LogP contribution is -2.39. The molecule has 1 atom stereocenters. The summed E-state index contributed by atoms with van der Waals surface area (Å²) in [6, 6.07) is 7.25. The normalized spacial score (nSPS) is 11.5. The molecule has 0 aliphatic carbocycles. The Morgan fingerprint density at radius 2 is 1.90 bits per heavy atom. The number of carbonyl (C=O) groups excluding carboxylic acids is 1. The Balaban J connectivity index is 2.22. The fourth-order valence-electron chi connectivity index (χ4n) is 1.51. The van der Waals surface area contributed by atoms with Crippen LogP contribution in [0.4, 0.5) is 4.79 Å². The van der Waals surface area contributed by atoms with Gasteiger partial charge in [0.2, 0.25) is 0 Å². The van der Waals surface area contributed by atoms with E-state index in [1.54, 1.807) is 14.0 Å². The van der Waals surface area contributed by atoms with E-state index in [2.05, 4.69) is 10.6 Å². The van der Waals surface area contributed by atoms with Gasteiger partial charge in [0, 0.05) is 13.1 Å². The molecule has 6 heteroatoms. The van der Waals surface area contributed by atoms with Gasteiger partial charge in [0.15, 0.2) is 0 Å². The highest BCUT2D eigenvalue weighted by atomic mass is 16.5. The van der Waals surface area contributed by atoms with Gasteiger partial charge in [-0.3, -0.25) is 4.79 Å². The fourth-order valence-corrected chi connectivity index (χ4v) is 1.51. The van der Waals surface area contributed by atoms with Crippen molar-refractivity contribution in [1.82, 2.24) is 10.6 Å². The summed E-state index contributed by atoms with van der Waals surface area (Å²) in [4.78, 5) is 22.0. The molecule has 1 unspecified atom stereocenters. The fraction of sp³-hybridized carbons (Fsp3) is 0.429. The van der Waals surface area contributed by atoms with Gasteiger partial charge in [0.25, 0.3) is 0 Å². The molecular weight excluding hydrogens is 260 g/mol. The van der Waals surface area contributed by atoms with Crippen molar-refractivity contribution in [2.24, 2.45) is 5.92 Å². The molecule has 1 aromatic carbocycles. The van der Waals surface area contributed by atoms with Gasteiger partial charge in [0.1, 0.15) is 5.75 Å². The average molecular weight is 280 g/mol. The molecule has 6 nitrogen and oxygen atoms in total. The maximum Gasteiger partial charge on any atom is 0.314 e. The second-order valence-electron chi connectivity index (χ2n) is 4.47. The van der Waals surface area contributed by atoms with Crippen molar-refractivity contribution in [2.75, 3.05) is 20.2 Å². The Morgan fingerprint density at radius 1 is 1.25 bits per heavy atom. The zero-order valence-electron chi connectivity index (χ0n) is 11.7.